The van der Waals surface area contributed by atoms with Crippen LogP contribution < -0.4 is 10.9 Å². The lowest BCUT2D eigenvalue weighted by molar-refractivity contribution is -0.149. The van der Waals surface area contributed by atoms with E-state index in [2.05, 4.69) is 10.3 Å². The van der Waals surface area contributed by atoms with Crippen molar-refractivity contribution < 1.29 is 14.3 Å². The lowest BCUT2D eigenvalue weighted by Crippen LogP contribution is -2.38. The fraction of sp³-hybridized carbons (Fsp3) is 0.500. The number of ether oxygens (including phenoxy) is 1. The molecule has 2 aromatic rings. The maximum Gasteiger partial charge on any atom is 0.326 e. The molecule has 3 rings (SSSR count). The molecule has 144 valence electrons. The number of amides is 1. The van der Waals surface area contributed by atoms with Crippen LogP contribution in [0.3, 0.4) is 0 Å². The molecule has 0 saturated heterocycles. The van der Waals surface area contributed by atoms with Crippen LogP contribution >= 0.6 is 0 Å². The van der Waals surface area contributed by atoms with E-state index in [0.29, 0.717) is 10.9 Å². The normalized spacial score (nSPS) is 15.7. The van der Waals surface area contributed by atoms with E-state index >= 15 is 0 Å². The number of carbonyl (C=O) groups excluding carboxylic acids is 2. The van der Waals surface area contributed by atoms with Crippen molar-refractivity contribution in [3.8, 4) is 0 Å². The minimum Gasteiger partial charge on any atom is -0.454 e. The second-order valence-electron chi connectivity index (χ2n) is 6.97. The molecule has 0 atom stereocenters. The molecule has 1 saturated carbocycles. The average Bonchev–Trinajstić information content (AvgIpc) is 2.65. The number of esters is 1. The summed E-state index contributed by atoms with van der Waals surface area (Å²) in [7, 11) is 0. The van der Waals surface area contributed by atoms with Crippen molar-refractivity contribution >= 4 is 22.8 Å². The molecule has 0 unspecified atom stereocenters. The van der Waals surface area contributed by atoms with E-state index < -0.39 is 5.97 Å². The first kappa shape index (κ1) is 19.1. The van der Waals surface area contributed by atoms with E-state index in [0.717, 1.165) is 25.7 Å². The number of para-hydroxylation sites is 1. The highest BCUT2D eigenvalue weighted by atomic mass is 16.5. The lowest BCUT2D eigenvalue weighted by atomic mass is 9.97. The Morgan fingerprint density at radius 1 is 1.11 bits per heavy atom. The van der Waals surface area contributed by atoms with Crippen LogP contribution in [-0.4, -0.2) is 34.1 Å². The number of nitrogens with one attached hydrogen (secondary N) is 1. The predicted octanol–water partition coefficient (Wildman–Crippen LogP) is 2.17. The molecule has 1 heterocycles. The first-order valence-corrected chi connectivity index (χ1v) is 9.52. The molecule has 27 heavy (non-hydrogen) atoms. The summed E-state index contributed by atoms with van der Waals surface area (Å²) < 4.78 is 6.23. The van der Waals surface area contributed by atoms with E-state index in [1.807, 2.05) is 0 Å². The first-order chi connectivity index (χ1) is 13.1. The van der Waals surface area contributed by atoms with Crippen molar-refractivity contribution in [2.24, 2.45) is 0 Å². The summed E-state index contributed by atoms with van der Waals surface area (Å²) in [6.45, 7) is -0.599. The lowest BCUT2D eigenvalue weighted by Gasteiger charge is -2.20. The highest BCUT2D eigenvalue weighted by Crippen LogP contribution is 2.17. The molecule has 7 nitrogen and oxygen atoms in total. The van der Waals surface area contributed by atoms with Gasteiger partial charge in [0.05, 0.1) is 17.2 Å². The van der Waals surface area contributed by atoms with Gasteiger partial charge in [-0.15, -0.1) is 0 Å². The fourth-order valence-corrected chi connectivity index (χ4v) is 3.42. The zero-order valence-electron chi connectivity index (χ0n) is 15.4. The molecule has 1 aromatic heterocycles. The molecular formula is C20H25N3O4. The van der Waals surface area contributed by atoms with Gasteiger partial charge in [0.15, 0.2) is 6.61 Å². The zero-order valence-corrected chi connectivity index (χ0v) is 15.4. The average molecular weight is 371 g/mol. The Hall–Kier alpha value is -2.70. The van der Waals surface area contributed by atoms with Crippen LogP contribution in [0.15, 0.2) is 35.4 Å². The molecule has 1 fully saturated rings. The molecule has 1 aromatic carbocycles. The number of hydrogen-bond acceptors (Lipinski definition) is 5. The molecule has 7 heteroatoms. The minimum absolute atomic E-state index is 0.156. The number of nitrogens with zero attached hydrogens (tertiary/aromatic N) is 2. The molecule has 0 bridgehead atoms. The highest BCUT2D eigenvalue weighted by Gasteiger charge is 2.16. The van der Waals surface area contributed by atoms with Crippen molar-refractivity contribution in [3.05, 3.63) is 40.9 Å². The van der Waals surface area contributed by atoms with Crippen LogP contribution in [0.1, 0.15) is 44.9 Å². The van der Waals surface area contributed by atoms with Crippen LogP contribution in [0.5, 0.6) is 0 Å². The summed E-state index contributed by atoms with van der Waals surface area (Å²) in [5, 5.41) is 3.38. The third-order valence-electron chi connectivity index (χ3n) is 4.87. The van der Waals surface area contributed by atoms with Crippen molar-refractivity contribution in [1.29, 1.82) is 0 Å². The summed E-state index contributed by atoms with van der Waals surface area (Å²) in [5.41, 5.74) is 0.266. The van der Waals surface area contributed by atoms with Gasteiger partial charge in [-0.3, -0.25) is 19.0 Å². The van der Waals surface area contributed by atoms with Crippen molar-refractivity contribution in [3.63, 3.8) is 0 Å². The Kier molecular flexibility index (Phi) is 6.57. The Labute approximate surface area is 157 Å². The quantitative estimate of drug-likeness (QED) is 0.814. The molecule has 1 aliphatic rings. The van der Waals surface area contributed by atoms with Crippen LogP contribution in [0.2, 0.25) is 0 Å². The van der Waals surface area contributed by atoms with Crippen LogP contribution in [-0.2, 0) is 20.9 Å². The molecule has 0 radical (unpaired) electrons. The maximum atomic E-state index is 12.4. The Morgan fingerprint density at radius 2 is 1.81 bits per heavy atom. The van der Waals surface area contributed by atoms with Gasteiger partial charge in [-0.1, -0.05) is 44.2 Å². The molecular weight excluding hydrogens is 346 g/mol. The van der Waals surface area contributed by atoms with Crippen LogP contribution in [0.4, 0.5) is 0 Å². The monoisotopic (exact) mass is 371 g/mol. The Bertz CT molecular complexity index is 854. The van der Waals surface area contributed by atoms with Gasteiger partial charge in [0.1, 0.15) is 6.54 Å². The largest absolute Gasteiger partial charge is 0.454 e. The minimum atomic E-state index is -0.637. The Morgan fingerprint density at radius 3 is 2.59 bits per heavy atom. The zero-order chi connectivity index (χ0) is 19.1. The summed E-state index contributed by atoms with van der Waals surface area (Å²) >= 11 is 0. The van der Waals surface area contributed by atoms with Gasteiger partial charge in [-0.2, -0.15) is 0 Å². The molecule has 1 aliphatic carbocycles. The Balaban J connectivity index is 1.50. The SMILES string of the molecule is O=C(COC(=O)Cn1cnc2ccccc2c1=O)NC1CCCCCCC1. The molecule has 0 spiro atoms. The summed E-state index contributed by atoms with van der Waals surface area (Å²) in [5.74, 6) is -0.931. The second-order valence-corrected chi connectivity index (χ2v) is 6.97. The number of aromatic nitrogens is 2. The maximum absolute atomic E-state index is 12.4. The molecule has 1 N–H and O–H groups in total. The van der Waals surface area contributed by atoms with E-state index in [-0.39, 0.29) is 30.7 Å². The van der Waals surface area contributed by atoms with Crippen molar-refractivity contribution in [2.45, 2.75) is 57.5 Å². The van der Waals surface area contributed by atoms with Gasteiger partial charge < -0.3 is 10.1 Å². The van der Waals surface area contributed by atoms with Crippen molar-refractivity contribution in [1.82, 2.24) is 14.9 Å². The third-order valence-corrected chi connectivity index (χ3v) is 4.87. The van der Waals surface area contributed by atoms with E-state index in [9.17, 15) is 14.4 Å². The number of hydrogen-bond donors (Lipinski definition) is 1. The van der Waals surface area contributed by atoms with Gasteiger partial charge >= 0.3 is 5.97 Å². The van der Waals surface area contributed by atoms with Crippen LogP contribution in [0.25, 0.3) is 10.9 Å². The summed E-state index contributed by atoms with van der Waals surface area (Å²) in [4.78, 5) is 40.6. The molecule has 0 aliphatic heterocycles. The standard InChI is InChI=1S/C20H25N3O4/c24-18(22-15-8-4-2-1-3-5-9-15)13-27-19(25)12-23-14-21-17-11-7-6-10-16(17)20(23)26/h6-7,10-11,14-15H,1-5,8-9,12-13H2,(H,22,24). The summed E-state index contributed by atoms with van der Waals surface area (Å²) in [6.07, 6.45) is 9.16. The van der Waals surface area contributed by atoms with Gasteiger partial charge in [0.25, 0.3) is 11.5 Å². The number of fused-ring (bicyclic) bond motifs is 1. The summed E-state index contributed by atoms with van der Waals surface area (Å²) in [6, 6.07) is 7.09. The topological polar surface area (TPSA) is 90.3 Å². The van der Waals surface area contributed by atoms with Crippen LogP contribution in [0, 0.1) is 0 Å². The number of rotatable bonds is 5. The van der Waals surface area contributed by atoms with Gasteiger partial charge in [0, 0.05) is 6.04 Å². The number of carbonyl (C=O) groups is 2. The van der Waals surface area contributed by atoms with Gasteiger partial charge in [-0.05, 0) is 25.0 Å². The van der Waals surface area contributed by atoms with Gasteiger partial charge in [0.2, 0.25) is 0 Å². The van der Waals surface area contributed by atoms with E-state index in [1.165, 1.54) is 30.2 Å². The fourth-order valence-electron chi connectivity index (χ4n) is 3.42. The van der Waals surface area contributed by atoms with Gasteiger partial charge in [-0.25, -0.2) is 4.98 Å². The van der Waals surface area contributed by atoms with E-state index in [4.69, 9.17) is 4.74 Å². The first-order valence-electron chi connectivity index (χ1n) is 9.52. The smallest absolute Gasteiger partial charge is 0.326 e. The molecule has 1 amide bonds. The highest BCUT2D eigenvalue weighted by molar-refractivity contribution is 5.81. The third kappa shape index (κ3) is 5.39. The van der Waals surface area contributed by atoms with E-state index in [1.54, 1.807) is 24.3 Å². The number of benzene rings is 1. The second kappa shape index (κ2) is 9.30. The predicted molar refractivity (Wildman–Crippen MR) is 101 cm³/mol. The van der Waals surface area contributed by atoms with Crippen molar-refractivity contribution in [2.75, 3.05) is 6.61 Å².